The van der Waals surface area contributed by atoms with Gasteiger partial charge in [-0.15, -0.1) is 11.3 Å². The predicted octanol–water partition coefficient (Wildman–Crippen LogP) is 4.03. The van der Waals surface area contributed by atoms with Crippen LogP contribution in [0.1, 0.15) is 28.2 Å². The van der Waals surface area contributed by atoms with Gasteiger partial charge in [-0.1, -0.05) is 18.2 Å². The molecule has 0 bridgehead atoms. The number of methoxy groups -OCH3 is 1. The van der Waals surface area contributed by atoms with Gasteiger partial charge in [-0.3, -0.25) is 9.36 Å². The van der Waals surface area contributed by atoms with Crippen molar-refractivity contribution in [3.8, 4) is 5.75 Å². The number of ether oxygens (including phenoxy) is 1. The number of aryl methyl sites for hydroxylation is 2. The fourth-order valence-electron chi connectivity index (χ4n) is 3.23. The van der Waals surface area contributed by atoms with Gasteiger partial charge in [0.2, 0.25) is 0 Å². The summed E-state index contributed by atoms with van der Waals surface area (Å²) in [6.45, 7) is 4.74. The highest BCUT2D eigenvalue weighted by Crippen LogP contribution is 2.33. The molecule has 0 spiro atoms. The van der Waals surface area contributed by atoms with Crippen molar-refractivity contribution in [2.45, 2.75) is 26.8 Å². The number of nitrogens with zero attached hydrogens (tertiary/aromatic N) is 2. The third kappa shape index (κ3) is 2.19. The molecule has 3 aromatic rings. The Balaban J connectivity index is 1.92. The molecule has 1 aliphatic heterocycles. The van der Waals surface area contributed by atoms with E-state index in [0.717, 1.165) is 49.8 Å². The molecule has 0 saturated heterocycles. The van der Waals surface area contributed by atoms with E-state index in [0.29, 0.717) is 6.54 Å². The lowest BCUT2D eigenvalue weighted by molar-refractivity contribution is 0.414. The van der Waals surface area contributed by atoms with Crippen LogP contribution in [-0.4, -0.2) is 16.7 Å². The molecule has 1 aliphatic rings. The molecule has 3 heterocycles. The molecule has 24 heavy (non-hydrogen) atoms. The highest BCUT2D eigenvalue weighted by Gasteiger charge is 2.23. The normalized spacial score (nSPS) is 15.2. The molecule has 0 fully saturated rings. The molecule has 2 aromatic heterocycles. The average molecular weight is 338 g/mol. The summed E-state index contributed by atoms with van der Waals surface area (Å²) in [6.07, 6.45) is 2.90. The summed E-state index contributed by atoms with van der Waals surface area (Å²) in [5.41, 5.74) is 3.24. The van der Waals surface area contributed by atoms with E-state index in [1.54, 1.807) is 18.4 Å². The third-order valence-electron chi connectivity index (χ3n) is 4.65. The van der Waals surface area contributed by atoms with Gasteiger partial charge in [-0.25, -0.2) is 4.98 Å². The molecule has 0 atom stereocenters. The van der Waals surface area contributed by atoms with Crippen LogP contribution < -0.4 is 10.3 Å². The Hall–Kier alpha value is -2.40. The standard InChI is InChI=1S/C19H18N2O2S/c1-11-12(2)24-18-16(11)19(22)21-9-8-14(17(21)20-18)10-13-6-4-5-7-15(13)23-3/h4-7,10H,8-9H2,1-3H3. The highest BCUT2D eigenvalue weighted by atomic mass is 32.1. The first kappa shape index (κ1) is 15.1. The number of fused-ring (bicyclic) bond motifs is 2. The lowest BCUT2D eigenvalue weighted by Gasteiger charge is -2.06. The Kier molecular flexibility index (Phi) is 3.53. The van der Waals surface area contributed by atoms with E-state index in [2.05, 4.69) is 6.08 Å². The second-order valence-corrected chi connectivity index (χ2v) is 7.22. The van der Waals surface area contributed by atoms with Crippen molar-refractivity contribution < 1.29 is 4.74 Å². The van der Waals surface area contributed by atoms with E-state index in [9.17, 15) is 4.79 Å². The number of benzene rings is 1. The van der Waals surface area contributed by atoms with E-state index < -0.39 is 0 Å². The Bertz CT molecular complexity index is 1040. The summed E-state index contributed by atoms with van der Waals surface area (Å²) in [4.78, 5) is 19.7. The van der Waals surface area contributed by atoms with E-state index in [4.69, 9.17) is 9.72 Å². The van der Waals surface area contributed by atoms with Gasteiger partial charge in [0.25, 0.3) is 5.56 Å². The van der Waals surface area contributed by atoms with Crippen LogP contribution in [0.2, 0.25) is 0 Å². The molecule has 4 rings (SSSR count). The maximum absolute atomic E-state index is 12.9. The van der Waals surface area contributed by atoms with Crippen molar-refractivity contribution in [3.63, 3.8) is 0 Å². The number of thiophene rings is 1. The summed E-state index contributed by atoms with van der Waals surface area (Å²) in [6, 6.07) is 7.90. The Morgan fingerprint density at radius 2 is 2.08 bits per heavy atom. The SMILES string of the molecule is COc1ccccc1C=C1CCn2c1nc1sc(C)c(C)c1c2=O. The molecule has 0 aliphatic carbocycles. The molecule has 1 aromatic carbocycles. The zero-order chi connectivity index (χ0) is 16.8. The number of hydrogen-bond donors (Lipinski definition) is 0. The van der Waals surface area contributed by atoms with Crippen molar-refractivity contribution in [3.05, 3.63) is 56.4 Å². The largest absolute Gasteiger partial charge is 0.496 e. The minimum absolute atomic E-state index is 0.0836. The first-order valence-electron chi connectivity index (χ1n) is 7.94. The van der Waals surface area contributed by atoms with Crippen LogP contribution in [0, 0.1) is 13.8 Å². The van der Waals surface area contributed by atoms with Crippen molar-refractivity contribution in [2.24, 2.45) is 0 Å². The number of allylic oxidation sites excluding steroid dienone is 1. The van der Waals surface area contributed by atoms with E-state index in [1.807, 2.05) is 42.7 Å². The third-order valence-corrected chi connectivity index (χ3v) is 5.75. The second-order valence-electron chi connectivity index (χ2n) is 6.02. The molecule has 0 amide bonds. The predicted molar refractivity (Wildman–Crippen MR) is 98.8 cm³/mol. The molecule has 0 N–H and O–H groups in total. The zero-order valence-corrected chi connectivity index (χ0v) is 14.7. The van der Waals surface area contributed by atoms with E-state index in [-0.39, 0.29) is 5.56 Å². The Morgan fingerprint density at radius 3 is 2.88 bits per heavy atom. The summed E-state index contributed by atoms with van der Waals surface area (Å²) >= 11 is 1.60. The molecule has 0 unspecified atom stereocenters. The molecular formula is C19H18N2O2S. The summed E-state index contributed by atoms with van der Waals surface area (Å²) in [5, 5.41) is 0.778. The van der Waals surface area contributed by atoms with Crippen molar-refractivity contribution in [1.82, 2.24) is 9.55 Å². The van der Waals surface area contributed by atoms with Gasteiger partial charge in [0, 0.05) is 17.0 Å². The van der Waals surface area contributed by atoms with Crippen molar-refractivity contribution in [1.29, 1.82) is 0 Å². The molecule has 0 saturated carbocycles. The first-order chi connectivity index (χ1) is 11.6. The Labute approximate surface area is 144 Å². The lowest BCUT2D eigenvalue weighted by atomic mass is 10.1. The fraction of sp³-hybridized carbons (Fsp3) is 0.263. The van der Waals surface area contributed by atoms with Gasteiger partial charge in [-0.05, 0) is 43.5 Å². The number of hydrogen-bond acceptors (Lipinski definition) is 4. The highest BCUT2D eigenvalue weighted by molar-refractivity contribution is 7.18. The molecule has 0 radical (unpaired) electrons. The molecule has 122 valence electrons. The zero-order valence-electron chi connectivity index (χ0n) is 13.9. The van der Waals surface area contributed by atoms with Gasteiger partial charge in [0.05, 0.1) is 12.5 Å². The van der Waals surface area contributed by atoms with Crippen LogP contribution in [0.25, 0.3) is 21.9 Å². The Morgan fingerprint density at radius 1 is 1.29 bits per heavy atom. The van der Waals surface area contributed by atoms with Crippen LogP contribution in [0.15, 0.2) is 29.1 Å². The maximum Gasteiger partial charge on any atom is 0.262 e. The molecule has 4 nitrogen and oxygen atoms in total. The van der Waals surface area contributed by atoms with Crippen LogP contribution >= 0.6 is 11.3 Å². The minimum atomic E-state index is 0.0836. The van der Waals surface area contributed by atoms with Crippen LogP contribution in [0.3, 0.4) is 0 Å². The fourth-order valence-corrected chi connectivity index (χ4v) is 4.25. The maximum atomic E-state index is 12.9. The summed E-state index contributed by atoms with van der Waals surface area (Å²) in [7, 11) is 1.67. The second kappa shape index (κ2) is 5.60. The first-order valence-corrected chi connectivity index (χ1v) is 8.76. The van der Waals surface area contributed by atoms with Gasteiger partial charge in [0.15, 0.2) is 0 Å². The molecular weight excluding hydrogens is 320 g/mol. The van der Waals surface area contributed by atoms with Gasteiger partial charge in [0.1, 0.15) is 16.4 Å². The topological polar surface area (TPSA) is 44.1 Å². The van der Waals surface area contributed by atoms with E-state index in [1.165, 1.54) is 0 Å². The van der Waals surface area contributed by atoms with Crippen molar-refractivity contribution >= 4 is 33.2 Å². The summed E-state index contributed by atoms with van der Waals surface area (Å²) in [5.74, 6) is 1.62. The number of rotatable bonds is 2. The minimum Gasteiger partial charge on any atom is -0.496 e. The summed E-state index contributed by atoms with van der Waals surface area (Å²) < 4.78 is 7.23. The van der Waals surface area contributed by atoms with Gasteiger partial charge < -0.3 is 4.74 Å². The molecule has 5 heteroatoms. The van der Waals surface area contributed by atoms with Crippen molar-refractivity contribution in [2.75, 3.05) is 7.11 Å². The van der Waals surface area contributed by atoms with Gasteiger partial charge >= 0.3 is 0 Å². The number of para-hydroxylation sites is 1. The monoisotopic (exact) mass is 338 g/mol. The van der Waals surface area contributed by atoms with Gasteiger partial charge in [-0.2, -0.15) is 0 Å². The number of aromatic nitrogens is 2. The smallest absolute Gasteiger partial charge is 0.262 e. The van der Waals surface area contributed by atoms with E-state index >= 15 is 0 Å². The lowest BCUT2D eigenvalue weighted by Crippen LogP contribution is -2.20. The average Bonchev–Trinajstić information content (AvgIpc) is 3.10. The van der Waals surface area contributed by atoms with Crippen LogP contribution in [-0.2, 0) is 6.54 Å². The quantitative estimate of drug-likeness (QED) is 0.709. The van der Waals surface area contributed by atoms with Crippen LogP contribution in [0.4, 0.5) is 0 Å². The van der Waals surface area contributed by atoms with Crippen LogP contribution in [0.5, 0.6) is 5.75 Å².